The van der Waals surface area contributed by atoms with Crippen LogP contribution in [0, 0.1) is 0 Å². The molecule has 0 spiro atoms. The number of aromatic nitrogens is 4. The molecular weight excluding hydrogens is 422 g/mol. The lowest BCUT2D eigenvalue weighted by atomic mass is 9.86. The van der Waals surface area contributed by atoms with Crippen LogP contribution >= 0.6 is 15.9 Å². The summed E-state index contributed by atoms with van der Waals surface area (Å²) in [5.41, 5.74) is 3.45. The Morgan fingerprint density at radius 3 is 2.64 bits per heavy atom. The van der Waals surface area contributed by atoms with Crippen LogP contribution in [0.3, 0.4) is 0 Å². The molecule has 144 valence electrons. The normalized spacial score (nSPS) is 16.4. The summed E-state index contributed by atoms with van der Waals surface area (Å²) < 4.78 is 6.21. The zero-order valence-corrected chi connectivity index (χ0v) is 17.6. The van der Waals surface area contributed by atoms with Crippen LogP contribution < -0.4 is 9.64 Å². The smallest absolute Gasteiger partial charge is 0.280 e. The summed E-state index contributed by atoms with van der Waals surface area (Å²) in [5.74, 6) is 0.297. The second-order valence-corrected chi connectivity index (χ2v) is 8.44. The Balaban J connectivity index is 1.98. The van der Waals surface area contributed by atoms with Crippen molar-refractivity contribution in [2.45, 2.75) is 32.2 Å². The second kappa shape index (κ2) is 6.70. The maximum atomic E-state index is 13.3. The molecule has 1 aliphatic heterocycles. The Morgan fingerprint density at radius 2 is 2.00 bits per heavy atom. The molecule has 0 bridgehead atoms. The average Bonchev–Trinajstić information content (AvgIpc) is 3.22. The summed E-state index contributed by atoms with van der Waals surface area (Å²) >= 11 is 3.35. The molecule has 1 atom stereocenters. The van der Waals surface area contributed by atoms with Crippen molar-refractivity contribution < 1.29 is 9.53 Å². The number of pyridine rings is 2. The van der Waals surface area contributed by atoms with E-state index in [1.54, 1.807) is 24.4 Å². The lowest BCUT2D eigenvalue weighted by Crippen LogP contribution is -2.30. The van der Waals surface area contributed by atoms with Gasteiger partial charge < -0.3 is 4.74 Å². The number of ether oxygens (including phenoxy) is 1. The number of halogens is 1. The van der Waals surface area contributed by atoms with E-state index < -0.39 is 6.04 Å². The van der Waals surface area contributed by atoms with Crippen LogP contribution in [0.1, 0.15) is 54.1 Å². The van der Waals surface area contributed by atoms with Gasteiger partial charge in [0.1, 0.15) is 4.60 Å². The van der Waals surface area contributed by atoms with Gasteiger partial charge >= 0.3 is 0 Å². The Labute approximate surface area is 171 Å². The van der Waals surface area contributed by atoms with E-state index in [0.717, 1.165) is 16.8 Å². The minimum atomic E-state index is -0.415. The first-order valence-electron chi connectivity index (χ1n) is 8.85. The topological polar surface area (TPSA) is 84.0 Å². The highest BCUT2D eigenvalue weighted by Crippen LogP contribution is 2.46. The number of rotatable bonds is 3. The van der Waals surface area contributed by atoms with Crippen LogP contribution in [0.2, 0.25) is 0 Å². The molecule has 4 heterocycles. The molecule has 8 heteroatoms. The third-order valence-electron chi connectivity index (χ3n) is 4.79. The van der Waals surface area contributed by atoms with E-state index in [2.05, 4.69) is 56.9 Å². The summed E-state index contributed by atoms with van der Waals surface area (Å²) in [6, 6.07) is 7.03. The molecular formula is C20H20BrN5O2. The largest absolute Gasteiger partial charge is 0.481 e. The fourth-order valence-corrected chi connectivity index (χ4v) is 3.80. The van der Waals surface area contributed by atoms with E-state index in [9.17, 15) is 4.79 Å². The Morgan fingerprint density at radius 1 is 1.21 bits per heavy atom. The number of nitrogens with one attached hydrogen (secondary N) is 1. The van der Waals surface area contributed by atoms with Crippen molar-refractivity contribution in [1.29, 1.82) is 0 Å². The summed E-state index contributed by atoms with van der Waals surface area (Å²) in [6.45, 7) is 6.27. The molecule has 1 unspecified atom stereocenters. The first kappa shape index (κ1) is 18.6. The number of anilines is 1. The number of fused-ring (bicyclic) bond motifs is 1. The van der Waals surface area contributed by atoms with Gasteiger partial charge in [0.2, 0.25) is 5.88 Å². The molecule has 1 aliphatic rings. The number of aromatic amines is 1. The van der Waals surface area contributed by atoms with Crippen LogP contribution in [0.4, 0.5) is 5.69 Å². The van der Waals surface area contributed by atoms with Crippen LogP contribution in [0.15, 0.2) is 41.3 Å². The van der Waals surface area contributed by atoms with Crippen molar-refractivity contribution in [3.63, 3.8) is 0 Å². The lowest BCUT2D eigenvalue weighted by Gasteiger charge is -2.28. The fraction of sp³-hybridized carbons (Fsp3) is 0.300. The van der Waals surface area contributed by atoms with E-state index in [-0.39, 0.29) is 11.3 Å². The molecule has 28 heavy (non-hydrogen) atoms. The number of nitrogens with zero attached hydrogens (tertiary/aromatic N) is 4. The predicted molar refractivity (Wildman–Crippen MR) is 109 cm³/mol. The first-order valence-corrected chi connectivity index (χ1v) is 9.65. The number of methoxy groups -OCH3 is 1. The molecule has 0 saturated carbocycles. The zero-order valence-electron chi connectivity index (χ0n) is 16.0. The maximum absolute atomic E-state index is 13.3. The van der Waals surface area contributed by atoms with Crippen LogP contribution in [0.5, 0.6) is 5.88 Å². The van der Waals surface area contributed by atoms with Crippen LogP contribution in [-0.4, -0.2) is 33.2 Å². The van der Waals surface area contributed by atoms with Gasteiger partial charge in [-0.15, -0.1) is 0 Å². The maximum Gasteiger partial charge on any atom is 0.280 e. The van der Waals surface area contributed by atoms with Gasteiger partial charge in [-0.25, -0.2) is 9.97 Å². The molecule has 3 aromatic rings. The fourth-order valence-electron chi connectivity index (χ4n) is 3.57. The number of hydrogen-bond acceptors (Lipinski definition) is 5. The Kier molecular flexibility index (Phi) is 4.45. The monoisotopic (exact) mass is 441 g/mol. The molecule has 7 nitrogen and oxygen atoms in total. The van der Waals surface area contributed by atoms with E-state index in [1.165, 1.54) is 0 Å². The molecule has 1 amide bonds. The SMILES string of the molecule is COc1ncccc1C1c2c(n[nH]c2C(C)(C)C)C(=O)N1c1ccc(Br)nc1. The minimum absolute atomic E-state index is 0.179. The zero-order chi connectivity index (χ0) is 20.1. The van der Waals surface area contributed by atoms with Gasteiger partial charge in [0, 0.05) is 28.4 Å². The van der Waals surface area contributed by atoms with Crippen LogP contribution in [-0.2, 0) is 5.41 Å². The molecule has 0 aliphatic carbocycles. The molecule has 1 N–H and O–H groups in total. The molecule has 4 rings (SSSR count). The summed E-state index contributed by atoms with van der Waals surface area (Å²) in [4.78, 5) is 23.7. The van der Waals surface area contributed by atoms with Gasteiger partial charge in [0.15, 0.2) is 5.69 Å². The van der Waals surface area contributed by atoms with Crippen molar-refractivity contribution in [3.05, 3.63) is 63.8 Å². The van der Waals surface area contributed by atoms with Gasteiger partial charge in [-0.2, -0.15) is 5.10 Å². The molecule has 3 aromatic heterocycles. The van der Waals surface area contributed by atoms with Crippen molar-refractivity contribution in [1.82, 2.24) is 20.2 Å². The number of carbonyl (C=O) groups is 1. The first-order chi connectivity index (χ1) is 13.3. The highest BCUT2D eigenvalue weighted by Gasteiger charge is 2.46. The highest BCUT2D eigenvalue weighted by atomic mass is 79.9. The quantitative estimate of drug-likeness (QED) is 0.620. The number of amides is 1. The predicted octanol–water partition coefficient (Wildman–Crippen LogP) is 4.02. The third-order valence-corrected chi connectivity index (χ3v) is 5.25. The van der Waals surface area contributed by atoms with Gasteiger partial charge in [-0.05, 0) is 40.2 Å². The van der Waals surface area contributed by atoms with Crippen molar-refractivity contribution in [2.75, 3.05) is 12.0 Å². The average molecular weight is 442 g/mol. The summed E-state index contributed by atoms with van der Waals surface area (Å²) in [5, 5.41) is 7.44. The van der Waals surface area contributed by atoms with Crippen molar-refractivity contribution in [2.24, 2.45) is 0 Å². The Bertz CT molecular complexity index is 1040. The summed E-state index contributed by atoms with van der Waals surface area (Å²) in [6.07, 6.45) is 3.34. The van der Waals surface area contributed by atoms with E-state index in [4.69, 9.17) is 4.74 Å². The number of H-pyrrole nitrogens is 1. The standard InChI is InChI=1S/C20H20BrN5O2/c1-20(2,3)17-14-15(24-25-17)19(27)26(11-7-8-13(21)23-10-11)16(14)12-6-5-9-22-18(12)28-4/h5-10,16H,1-4H3,(H,24,25). The lowest BCUT2D eigenvalue weighted by molar-refractivity contribution is 0.0988. The molecule has 0 fully saturated rings. The molecule has 0 radical (unpaired) electrons. The van der Waals surface area contributed by atoms with Gasteiger partial charge in [-0.1, -0.05) is 20.8 Å². The minimum Gasteiger partial charge on any atom is -0.481 e. The van der Waals surface area contributed by atoms with Gasteiger partial charge in [-0.3, -0.25) is 14.8 Å². The third kappa shape index (κ3) is 2.88. The van der Waals surface area contributed by atoms with Crippen LogP contribution in [0.25, 0.3) is 0 Å². The van der Waals surface area contributed by atoms with Gasteiger partial charge in [0.05, 0.1) is 25.0 Å². The second-order valence-electron chi connectivity index (χ2n) is 7.63. The van der Waals surface area contributed by atoms with Crippen molar-refractivity contribution >= 4 is 27.5 Å². The number of carbonyl (C=O) groups excluding carboxylic acids is 1. The van der Waals surface area contributed by atoms with Crippen molar-refractivity contribution in [3.8, 4) is 5.88 Å². The number of hydrogen-bond donors (Lipinski definition) is 1. The van der Waals surface area contributed by atoms with Gasteiger partial charge in [0.25, 0.3) is 5.91 Å². The van der Waals surface area contributed by atoms with E-state index in [0.29, 0.717) is 21.9 Å². The van der Waals surface area contributed by atoms with E-state index >= 15 is 0 Å². The van der Waals surface area contributed by atoms with E-state index in [1.807, 2.05) is 24.3 Å². The Hall–Kier alpha value is -2.74. The molecule has 0 aromatic carbocycles. The molecule has 0 saturated heterocycles. The highest BCUT2D eigenvalue weighted by molar-refractivity contribution is 9.10. The summed E-state index contributed by atoms with van der Waals surface area (Å²) in [7, 11) is 1.58.